The smallest absolute Gasteiger partial charge is 0.114 e. The number of aromatic nitrogens is 2. The molecular weight excluding hydrogens is 487 g/mol. The number of nitrogens with zero attached hydrogens (tertiary/aromatic N) is 3. The van der Waals surface area contributed by atoms with E-state index >= 15 is 0 Å². The van der Waals surface area contributed by atoms with Gasteiger partial charge in [-0.25, -0.2) is 13.9 Å². The first-order chi connectivity index (χ1) is 16.0. The molecule has 0 spiro atoms. The Hall–Kier alpha value is -1.60. The van der Waals surface area contributed by atoms with Crippen LogP contribution in [0, 0.1) is 5.92 Å². The number of hydrogen-bond donors (Lipinski definition) is 1. The van der Waals surface area contributed by atoms with Crippen molar-refractivity contribution < 1.29 is 4.21 Å². The van der Waals surface area contributed by atoms with Crippen LogP contribution < -0.4 is 9.62 Å². The van der Waals surface area contributed by atoms with E-state index in [9.17, 15) is 4.21 Å². The highest BCUT2D eigenvalue weighted by Crippen LogP contribution is 2.34. The number of rotatable bonds is 6. The van der Waals surface area contributed by atoms with Gasteiger partial charge in [0.25, 0.3) is 0 Å². The normalized spacial score (nSPS) is 16.4. The Morgan fingerprint density at radius 1 is 1.12 bits per heavy atom. The fourth-order valence-corrected chi connectivity index (χ4v) is 5.50. The van der Waals surface area contributed by atoms with Gasteiger partial charge in [-0.1, -0.05) is 42.3 Å². The molecule has 1 fully saturated rings. The molecule has 1 N–H and O–H groups in total. The lowest BCUT2D eigenvalue weighted by Gasteiger charge is -2.32. The molecule has 184 valence electrons. The zero-order valence-corrected chi connectivity index (χ0v) is 22.9. The van der Waals surface area contributed by atoms with Crippen molar-refractivity contribution in [1.82, 2.24) is 14.3 Å². The third-order valence-electron chi connectivity index (χ3n) is 6.59. The molecule has 4 rings (SSSR count). The van der Waals surface area contributed by atoms with Crippen LogP contribution in [0.5, 0.6) is 0 Å². The Labute approximate surface area is 215 Å². The number of piperidine rings is 1. The van der Waals surface area contributed by atoms with Gasteiger partial charge in [0.15, 0.2) is 0 Å². The summed E-state index contributed by atoms with van der Waals surface area (Å²) in [5.41, 5.74) is 5.10. The van der Waals surface area contributed by atoms with Crippen molar-refractivity contribution in [3.63, 3.8) is 0 Å². The summed E-state index contributed by atoms with van der Waals surface area (Å²) in [7, 11) is 0.921. The molecule has 0 saturated carbocycles. The number of aryl methyl sites for hydroxylation is 1. The number of nitrogens with one attached hydrogen (secondary N) is 1. The Balaban J connectivity index is 1.57. The average Bonchev–Trinajstić information content (AvgIpc) is 3.07. The van der Waals surface area contributed by atoms with Crippen LogP contribution in [0.3, 0.4) is 0 Å². The lowest BCUT2D eigenvalue weighted by atomic mass is 9.99. The van der Waals surface area contributed by atoms with E-state index in [2.05, 4.69) is 33.2 Å². The summed E-state index contributed by atoms with van der Waals surface area (Å²) >= 11 is 13.2. The zero-order valence-electron chi connectivity index (χ0n) is 20.6. The summed E-state index contributed by atoms with van der Waals surface area (Å²) < 4.78 is 17.3. The molecule has 5 nitrogen and oxygen atoms in total. The summed E-state index contributed by atoms with van der Waals surface area (Å²) in [6.45, 7) is 10.8. The van der Waals surface area contributed by atoms with E-state index in [0.29, 0.717) is 18.0 Å². The van der Waals surface area contributed by atoms with Crippen LogP contribution in [-0.2, 0) is 31.0 Å². The fraction of sp³-hybridized carbons (Fsp3) is 0.500. The van der Waals surface area contributed by atoms with Crippen LogP contribution in [-0.4, -0.2) is 31.6 Å². The van der Waals surface area contributed by atoms with E-state index < -0.39 is 11.0 Å². The predicted octanol–water partition coefficient (Wildman–Crippen LogP) is 6.26. The van der Waals surface area contributed by atoms with Gasteiger partial charge >= 0.3 is 0 Å². The molecule has 34 heavy (non-hydrogen) atoms. The maximum absolute atomic E-state index is 12.4. The number of benzene rings is 2. The molecular formula is C26H34Cl2N4OS. The monoisotopic (exact) mass is 520 g/mol. The molecule has 0 amide bonds. The minimum atomic E-state index is -1.13. The SMILES string of the molecule is CC1CCN(c2cc3c(cc2Cl)nc(Cc2cc(CNS(=O)C(C)(C)C)ccc2Cl)n3C)CC1. The molecule has 0 radical (unpaired) electrons. The highest BCUT2D eigenvalue weighted by Gasteiger charge is 2.21. The second-order valence-electron chi connectivity index (χ2n) is 10.4. The lowest BCUT2D eigenvalue weighted by Crippen LogP contribution is -2.32. The maximum atomic E-state index is 12.4. The molecule has 1 saturated heterocycles. The molecule has 1 unspecified atom stereocenters. The van der Waals surface area contributed by atoms with E-state index in [1.165, 1.54) is 12.8 Å². The van der Waals surface area contributed by atoms with Crippen molar-refractivity contribution in [3.05, 3.63) is 57.3 Å². The van der Waals surface area contributed by atoms with Crippen LogP contribution in [0.4, 0.5) is 5.69 Å². The number of hydrogen-bond acceptors (Lipinski definition) is 3. The van der Waals surface area contributed by atoms with Crippen molar-refractivity contribution in [2.45, 2.75) is 58.2 Å². The van der Waals surface area contributed by atoms with Gasteiger partial charge in [0.1, 0.15) is 5.82 Å². The van der Waals surface area contributed by atoms with Gasteiger partial charge in [-0.05, 0) is 68.9 Å². The molecule has 2 aromatic carbocycles. The van der Waals surface area contributed by atoms with Gasteiger partial charge in [-0.3, -0.25) is 0 Å². The van der Waals surface area contributed by atoms with Gasteiger partial charge in [-0.2, -0.15) is 0 Å². The summed E-state index contributed by atoms with van der Waals surface area (Å²) in [6.07, 6.45) is 2.99. The standard InChI is InChI=1S/C26H34Cl2N4OS/c1-17-8-10-32(11-9-17)23-15-24-22(14-21(23)28)30-25(31(24)5)13-19-12-18(6-7-20(19)27)16-29-34(33)26(2,3)4/h6-7,12,14-15,17,29H,8-11,13,16H2,1-5H3. The second-order valence-corrected chi connectivity index (χ2v) is 13.2. The zero-order chi connectivity index (χ0) is 24.6. The minimum absolute atomic E-state index is 0.311. The second kappa shape index (κ2) is 10.2. The molecule has 2 heterocycles. The lowest BCUT2D eigenvalue weighted by molar-refractivity contribution is 0.438. The van der Waals surface area contributed by atoms with Crippen LogP contribution in [0.25, 0.3) is 11.0 Å². The van der Waals surface area contributed by atoms with E-state index in [1.54, 1.807) is 0 Å². The van der Waals surface area contributed by atoms with E-state index in [0.717, 1.165) is 57.7 Å². The van der Waals surface area contributed by atoms with E-state index in [1.807, 2.05) is 46.0 Å². The summed E-state index contributed by atoms with van der Waals surface area (Å²) in [5.74, 6) is 1.70. The van der Waals surface area contributed by atoms with E-state index in [4.69, 9.17) is 28.2 Å². The first-order valence-corrected chi connectivity index (χ1v) is 13.8. The largest absolute Gasteiger partial charge is 0.370 e. The van der Waals surface area contributed by atoms with Crippen molar-refractivity contribution >= 4 is 50.9 Å². The van der Waals surface area contributed by atoms with Crippen LogP contribution in [0.2, 0.25) is 10.0 Å². The molecule has 0 aliphatic carbocycles. The number of halogens is 2. The quantitative estimate of drug-likeness (QED) is 0.417. The van der Waals surface area contributed by atoms with Crippen molar-refractivity contribution in [2.75, 3.05) is 18.0 Å². The molecule has 0 bridgehead atoms. The van der Waals surface area contributed by atoms with Crippen LogP contribution >= 0.6 is 23.2 Å². The van der Waals surface area contributed by atoms with Gasteiger partial charge in [0.2, 0.25) is 0 Å². The van der Waals surface area contributed by atoms with Crippen LogP contribution in [0.15, 0.2) is 30.3 Å². The molecule has 1 atom stereocenters. The predicted molar refractivity (Wildman–Crippen MR) is 145 cm³/mol. The summed E-state index contributed by atoms with van der Waals surface area (Å²) in [5, 5.41) is 1.46. The molecule has 8 heteroatoms. The van der Waals surface area contributed by atoms with Gasteiger partial charge < -0.3 is 9.47 Å². The maximum Gasteiger partial charge on any atom is 0.114 e. The third-order valence-corrected chi connectivity index (χ3v) is 8.78. The summed E-state index contributed by atoms with van der Waals surface area (Å²) in [6, 6.07) is 10.1. The Bertz CT molecular complexity index is 1210. The highest BCUT2D eigenvalue weighted by molar-refractivity contribution is 7.84. The van der Waals surface area contributed by atoms with Crippen molar-refractivity contribution in [1.29, 1.82) is 0 Å². The Kier molecular flexibility index (Phi) is 7.63. The van der Waals surface area contributed by atoms with Gasteiger partial charge in [0, 0.05) is 38.1 Å². The fourth-order valence-electron chi connectivity index (χ4n) is 4.31. The first kappa shape index (κ1) is 25.5. The topological polar surface area (TPSA) is 50.2 Å². The first-order valence-electron chi connectivity index (χ1n) is 11.9. The number of imidazole rings is 1. The average molecular weight is 522 g/mol. The Morgan fingerprint density at radius 3 is 2.50 bits per heavy atom. The van der Waals surface area contributed by atoms with Crippen LogP contribution in [0.1, 0.15) is 57.5 Å². The molecule has 1 aliphatic heterocycles. The highest BCUT2D eigenvalue weighted by atomic mass is 35.5. The molecule has 1 aromatic heterocycles. The molecule has 1 aliphatic rings. The van der Waals surface area contributed by atoms with E-state index in [-0.39, 0.29) is 4.75 Å². The summed E-state index contributed by atoms with van der Waals surface area (Å²) in [4.78, 5) is 7.27. The number of anilines is 1. The third kappa shape index (κ3) is 5.62. The number of fused-ring (bicyclic) bond motifs is 1. The van der Waals surface area contributed by atoms with Crippen molar-refractivity contribution in [2.24, 2.45) is 13.0 Å². The van der Waals surface area contributed by atoms with Crippen molar-refractivity contribution in [3.8, 4) is 0 Å². The van der Waals surface area contributed by atoms with Gasteiger partial charge in [-0.15, -0.1) is 0 Å². The minimum Gasteiger partial charge on any atom is -0.370 e. The van der Waals surface area contributed by atoms with Gasteiger partial charge in [0.05, 0.1) is 37.5 Å². The Morgan fingerprint density at radius 2 is 1.82 bits per heavy atom. The molecule has 3 aromatic rings.